The molecule has 28 heavy (non-hydrogen) atoms. The minimum atomic E-state index is -3.89. The number of carbonyl (C=O) groups excluding carboxylic acids is 3. The van der Waals surface area contributed by atoms with Gasteiger partial charge in [-0.05, 0) is 17.6 Å². The molecule has 0 radical (unpaired) electrons. The highest BCUT2D eigenvalue weighted by molar-refractivity contribution is 7.55. The van der Waals surface area contributed by atoms with Gasteiger partial charge in [-0.1, -0.05) is 13.8 Å². The van der Waals surface area contributed by atoms with Crippen LogP contribution in [0.5, 0.6) is 0 Å². The van der Waals surface area contributed by atoms with E-state index in [4.69, 9.17) is 18.3 Å². The van der Waals surface area contributed by atoms with Crippen molar-refractivity contribution in [2.24, 2.45) is 5.41 Å². The first-order valence-corrected chi connectivity index (χ1v) is 10.5. The van der Waals surface area contributed by atoms with Crippen LogP contribution in [0.3, 0.4) is 0 Å². The van der Waals surface area contributed by atoms with Crippen LogP contribution in [0.1, 0.15) is 29.9 Å². The maximum absolute atomic E-state index is 12.4. The van der Waals surface area contributed by atoms with Gasteiger partial charge in [0, 0.05) is 18.2 Å². The molecule has 2 heterocycles. The third-order valence-corrected chi connectivity index (χ3v) is 5.78. The van der Waals surface area contributed by atoms with Crippen molar-refractivity contribution in [1.82, 2.24) is 9.69 Å². The van der Waals surface area contributed by atoms with Crippen molar-refractivity contribution in [2.75, 3.05) is 27.1 Å². The van der Waals surface area contributed by atoms with Gasteiger partial charge in [0.25, 0.3) is 5.91 Å². The van der Waals surface area contributed by atoms with Crippen molar-refractivity contribution in [2.45, 2.75) is 26.4 Å². The molecular formula is C15H22N2O9PS+. The first-order chi connectivity index (χ1) is 13.2. The third-order valence-electron chi connectivity index (χ3n) is 3.69. The minimum Gasteiger partial charge on any atom is -0.469 e. The Kier molecular flexibility index (Phi) is 7.81. The monoisotopic (exact) mass is 437 g/mol. The molecule has 0 bridgehead atoms. The lowest BCUT2D eigenvalue weighted by Crippen LogP contribution is -2.50. The predicted octanol–water partition coefficient (Wildman–Crippen LogP) is 1.06. The normalized spacial score (nSPS) is 23.6. The van der Waals surface area contributed by atoms with Crippen molar-refractivity contribution < 1.29 is 42.3 Å². The molecule has 0 aliphatic carbocycles. The first kappa shape index (κ1) is 22.6. The van der Waals surface area contributed by atoms with Gasteiger partial charge in [0.1, 0.15) is 11.5 Å². The molecule has 156 valence electrons. The van der Waals surface area contributed by atoms with E-state index in [1.165, 1.54) is 19.4 Å². The van der Waals surface area contributed by atoms with Crippen LogP contribution in [0.15, 0.2) is 12.3 Å². The third kappa shape index (κ3) is 6.16. The van der Waals surface area contributed by atoms with Crippen LogP contribution < -0.4 is 5.32 Å². The Morgan fingerprint density at radius 3 is 2.86 bits per heavy atom. The Hall–Kier alpha value is -1.69. The smallest absolute Gasteiger partial charge is 0.469 e. The van der Waals surface area contributed by atoms with E-state index in [-0.39, 0.29) is 24.4 Å². The van der Waals surface area contributed by atoms with Gasteiger partial charge in [0.15, 0.2) is 6.10 Å². The second-order valence-corrected chi connectivity index (χ2v) is 8.89. The van der Waals surface area contributed by atoms with E-state index < -0.39 is 44.3 Å². The molecule has 1 amide bonds. The zero-order valence-corrected chi connectivity index (χ0v) is 17.3. The summed E-state index contributed by atoms with van der Waals surface area (Å²) in [7, 11) is -2.64. The van der Waals surface area contributed by atoms with E-state index in [0.29, 0.717) is 0 Å². The SMILES string of the molecule is COC(=O)CCNC(=O)[C@@H]1O[P+](O)(OCOC(=O)c2ccns2)OCC1(C)C. The number of hydrogen-bond donors (Lipinski definition) is 2. The summed E-state index contributed by atoms with van der Waals surface area (Å²) >= 11 is 0.949. The second kappa shape index (κ2) is 9.68. The lowest BCUT2D eigenvalue weighted by molar-refractivity contribution is -0.146. The zero-order valence-electron chi connectivity index (χ0n) is 15.6. The summed E-state index contributed by atoms with van der Waals surface area (Å²) in [6, 6.07) is 1.47. The van der Waals surface area contributed by atoms with Crippen LogP contribution in [-0.2, 0) is 32.6 Å². The summed E-state index contributed by atoms with van der Waals surface area (Å²) in [6.45, 7) is 2.81. The van der Waals surface area contributed by atoms with Gasteiger partial charge in [-0.15, -0.1) is 9.05 Å². The number of aromatic nitrogens is 1. The molecule has 1 unspecified atom stereocenters. The molecule has 13 heteroatoms. The van der Waals surface area contributed by atoms with Crippen LogP contribution in [0.4, 0.5) is 0 Å². The van der Waals surface area contributed by atoms with E-state index >= 15 is 0 Å². The van der Waals surface area contributed by atoms with Crippen LogP contribution in [0.25, 0.3) is 0 Å². The molecule has 1 aliphatic rings. The van der Waals surface area contributed by atoms with Gasteiger partial charge in [0.2, 0.25) is 6.79 Å². The molecule has 1 aromatic rings. The summed E-state index contributed by atoms with van der Waals surface area (Å²) in [4.78, 5) is 46.0. The van der Waals surface area contributed by atoms with Crippen molar-refractivity contribution in [3.05, 3.63) is 17.1 Å². The average Bonchev–Trinajstić information content (AvgIpc) is 3.18. The molecule has 0 spiro atoms. The molecule has 2 rings (SSSR count). The summed E-state index contributed by atoms with van der Waals surface area (Å²) in [6.07, 6.45) is 0.339. The molecule has 1 fully saturated rings. The van der Waals surface area contributed by atoms with Crippen LogP contribution >= 0.6 is 19.7 Å². The number of ether oxygens (including phenoxy) is 2. The highest BCUT2D eigenvalue weighted by Crippen LogP contribution is 2.63. The van der Waals surface area contributed by atoms with Gasteiger partial charge < -0.3 is 14.8 Å². The van der Waals surface area contributed by atoms with Crippen LogP contribution in [0, 0.1) is 5.41 Å². The van der Waals surface area contributed by atoms with E-state index in [9.17, 15) is 19.3 Å². The number of methoxy groups -OCH3 is 1. The Balaban J connectivity index is 1.88. The number of hydrogen-bond acceptors (Lipinski definition) is 11. The second-order valence-electron chi connectivity index (χ2n) is 6.39. The van der Waals surface area contributed by atoms with E-state index in [2.05, 4.69) is 14.4 Å². The average molecular weight is 437 g/mol. The molecule has 1 aliphatic heterocycles. The number of amides is 1. The highest BCUT2D eigenvalue weighted by atomic mass is 32.1. The number of carbonyl (C=O) groups is 3. The van der Waals surface area contributed by atoms with Crippen molar-refractivity contribution in [3.8, 4) is 0 Å². The maximum atomic E-state index is 12.4. The van der Waals surface area contributed by atoms with E-state index in [1.807, 2.05) is 0 Å². The molecule has 1 aromatic heterocycles. The van der Waals surface area contributed by atoms with Gasteiger partial charge in [0.05, 0.1) is 13.5 Å². The summed E-state index contributed by atoms with van der Waals surface area (Å²) in [5.41, 5.74) is -0.774. The maximum Gasteiger partial charge on any atom is 0.576 e. The van der Waals surface area contributed by atoms with Gasteiger partial charge in [-0.2, -0.15) is 9.42 Å². The van der Waals surface area contributed by atoms with E-state index in [0.717, 1.165) is 11.5 Å². The predicted molar refractivity (Wildman–Crippen MR) is 96.9 cm³/mol. The molecule has 0 aromatic carbocycles. The minimum absolute atomic E-state index is 0.00463. The van der Waals surface area contributed by atoms with Crippen LogP contribution in [-0.4, -0.2) is 60.3 Å². The number of nitrogens with one attached hydrogen (secondary N) is 1. The first-order valence-electron chi connectivity index (χ1n) is 8.18. The van der Waals surface area contributed by atoms with Crippen LogP contribution in [0.2, 0.25) is 0 Å². The Labute approximate surface area is 166 Å². The molecule has 2 N–H and O–H groups in total. The fraction of sp³-hybridized carbons (Fsp3) is 0.600. The largest absolute Gasteiger partial charge is 0.576 e. The lowest BCUT2D eigenvalue weighted by Gasteiger charge is -2.36. The number of esters is 2. The Morgan fingerprint density at radius 1 is 1.46 bits per heavy atom. The Morgan fingerprint density at radius 2 is 2.21 bits per heavy atom. The van der Waals surface area contributed by atoms with Crippen molar-refractivity contribution in [1.29, 1.82) is 0 Å². The van der Waals surface area contributed by atoms with Crippen molar-refractivity contribution >= 4 is 37.5 Å². The topological polar surface area (TPSA) is 143 Å². The summed E-state index contributed by atoms with van der Waals surface area (Å²) < 4.78 is 28.9. The van der Waals surface area contributed by atoms with Gasteiger partial charge in [-0.25, -0.2) is 9.17 Å². The highest BCUT2D eigenvalue weighted by Gasteiger charge is 2.59. The van der Waals surface area contributed by atoms with Crippen molar-refractivity contribution in [3.63, 3.8) is 0 Å². The standard InChI is InChI=1S/C15H21N2O9PS/c1-15(2)8-24-27(21,25-9-23-14(20)10-4-7-17-28-10)26-12(15)13(19)16-6-5-11(18)22-3/h4,7,12,21H,5-6,8-9H2,1-3H3/p+1/t12-,27?/m0/s1. The molecular weight excluding hydrogens is 415 g/mol. The summed E-state index contributed by atoms with van der Waals surface area (Å²) in [5, 5.41) is 2.54. The number of nitrogens with zero attached hydrogens (tertiary/aromatic N) is 1. The zero-order chi connectivity index (χ0) is 20.8. The molecule has 0 saturated carbocycles. The van der Waals surface area contributed by atoms with Gasteiger partial charge >= 0.3 is 20.1 Å². The number of rotatable bonds is 8. The fourth-order valence-corrected chi connectivity index (χ4v) is 4.14. The molecule has 11 nitrogen and oxygen atoms in total. The molecule has 2 atom stereocenters. The Bertz CT molecular complexity index is 700. The quantitative estimate of drug-likeness (QED) is 0.344. The van der Waals surface area contributed by atoms with E-state index in [1.54, 1.807) is 13.8 Å². The van der Waals surface area contributed by atoms with Gasteiger partial charge in [-0.3, -0.25) is 9.59 Å². The molecule has 1 saturated heterocycles. The lowest BCUT2D eigenvalue weighted by atomic mass is 9.87. The fourth-order valence-electron chi connectivity index (χ4n) is 2.12. The summed E-state index contributed by atoms with van der Waals surface area (Å²) in [5.74, 6) is -1.69.